The van der Waals surface area contributed by atoms with Gasteiger partial charge in [-0.2, -0.15) is 0 Å². The molecular formula is C11H11BrN2. The van der Waals surface area contributed by atoms with Crippen LogP contribution in [-0.2, 0) is 0 Å². The summed E-state index contributed by atoms with van der Waals surface area (Å²) < 4.78 is 1.06. The van der Waals surface area contributed by atoms with Crippen LogP contribution in [0.5, 0.6) is 0 Å². The van der Waals surface area contributed by atoms with Gasteiger partial charge in [-0.1, -0.05) is 13.8 Å². The smallest absolute Gasteiger partial charge is 0.159 e. The number of nitrogens with zero attached hydrogens (tertiary/aromatic N) is 2. The molecule has 3 heteroatoms. The van der Waals surface area contributed by atoms with Crippen molar-refractivity contribution in [2.24, 2.45) is 0 Å². The van der Waals surface area contributed by atoms with Crippen molar-refractivity contribution in [1.82, 2.24) is 9.97 Å². The fourth-order valence-electron chi connectivity index (χ4n) is 1.40. The Labute approximate surface area is 91.5 Å². The first-order valence-corrected chi connectivity index (χ1v) is 5.39. The quantitative estimate of drug-likeness (QED) is 0.774. The molecule has 0 aromatic carbocycles. The Morgan fingerprint density at radius 3 is 2.86 bits per heavy atom. The topological polar surface area (TPSA) is 25.8 Å². The van der Waals surface area contributed by atoms with Crippen molar-refractivity contribution >= 4 is 27.0 Å². The summed E-state index contributed by atoms with van der Waals surface area (Å²) in [5.41, 5.74) is 1.88. The highest BCUT2D eigenvalue weighted by Crippen LogP contribution is 2.25. The third kappa shape index (κ3) is 1.64. The number of pyridine rings is 2. The van der Waals surface area contributed by atoms with Gasteiger partial charge in [-0.15, -0.1) is 0 Å². The molecule has 0 amide bonds. The largest absolute Gasteiger partial charge is 0.237 e. The molecule has 0 spiro atoms. The van der Waals surface area contributed by atoms with E-state index >= 15 is 0 Å². The van der Waals surface area contributed by atoms with Crippen LogP contribution in [-0.4, -0.2) is 9.97 Å². The molecular weight excluding hydrogens is 240 g/mol. The third-order valence-corrected chi connectivity index (χ3v) is 2.75. The molecule has 0 aliphatic rings. The van der Waals surface area contributed by atoms with E-state index in [4.69, 9.17) is 0 Å². The molecule has 0 fully saturated rings. The summed E-state index contributed by atoms with van der Waals surface area (Å²) in [5, 5.41) is 1.07. The van der Waals surface area contributed by atoms with Crippen molar-refractivity contribution in [3.63, 3.8) is 0 Å². The van der Waals surface area contributed by atoms with E-state index in [0.29, 0.717) is 5.92 Å². The number of aromatic nitrogens is 2. The lowest BCUT2D eigenvalue weighted by Gasteiger charge is -2.07. The molecule has 2 nitrogen and oxygen atoms in total. The molecule has 2 aromatic heterocycles. The minimum atomic E-state index is 0.413. The van der Waals surface area contributed by atoms with Gasteiger partial charge in [0.05, 0.1) is 5.69 Å². The molecule has 0 atom stereocenters. The molecule has 0 aliphatic carbocycles. The van der Waals surface area contributed by atoms with E-state index < -0.39 is 0 Å². The van der Waals surface area contributed by atoms with Gasteiger partial charge in [-0.25, -0.2) is 9.97 Å². The summed E-state index contributed by atoms with van der Waals surface area (Å²) >= 11 is 3.53. The van der Waals surface area contributed by atoms with Crippen LogP contribution in [0.25, 0.3) is 11.0 Å². The Bertz CT molecular complexity index is 466. The van der Waals surface area contributed by atoms with Gasteiger partial charge >= 0.3 is 0 Å². The first-order chi connectivity index (χ1) is 6.68. The zero-order chi connectivity index (χ0) is 10.1. The summed E-state index contributed by atoms with van der Waals surface area (Å²) in [6.45, 7) is 4.25. The van der Waals surface area contributed by atoms with E-state index in [9.17, 15) is 0 Å². The predicted octanol–water partition coefficient (Wildman–Crippen LogP) is 3.52. The van der Waals surface area contributed by atoms with Gasteiger partial charge in [-0.05, 0) is 40.0 Å². The highest BCUT2D eigenvalue weighted by atomic mass is 79.9. The zero-order valence-electron chi connectivity index (χ0n) is 8.16. The van der Waals surface area contributed by atoms with Crippen molar-refractivity contribution in [1.29, 1.82) is 0 Å². The Hall–Kier alpha value is -0.960. The van der Waals surface area contributed by atoms with E-state index in [1.165, 1.54) is 0 Å². The Balaban J connectivity index is 2.71. The average Bonchev–Trinajstić information content (AvgIpc) is 2.16. The maximum absolute atomic E-state index is 4.52. The van der Waals surface area contributed by atoms with E-state index in [2.05, 4.69) is 45.8 Å². The van der Waals surface area contributed by atoms with Crippen LogP contribution in [0.1, 0.15) is 25.5 Å². The molecule has 0 saturated heterocycles. The number of hydrogen-bond donors (Lipinski definition) is 0. The first kappa shape index (κ1) is 9.59. The molecule has 2 rings (SSSR count). The van der Waals surface area contributed by atoms with Gasteiger partial charge < -0.3 is 0 Å². The van der Waals surface area contributed by atoms with Crippen LogP contribution in [0.4, 0.5) is 0 Å². The fourth-order valence-corrected chi connectivity index (χ4v) is 2.19. The second-order valence-electron chi connectivity index (χ2n) is 3.56. The van der Waals surface area contributed by atoms with Crippen molar-refractivity contribution in [2.45, 2.75) is 19.8 Å². The summed E-state index contributed by atoms with van der Waals surface area (Å²) in [6, 6.07) is 6.01. The standard InChI is InChI=1S/C11H11BrN2/c1-7(2)10-9(12)6-8-4-3-5-13-11(8)14-10/h3-7H,1-2H3. The summed E-state index contributed by atoms with van der Waals surface area (Å²) in [7, 11) is 0. The van der Waals surface area contributed by atoms with Gasteiger partial charge in [0.2, 0.25) is 0 Å². The Morgan fingerprint density at radius 2 is 2.14 bits per heavy atom. The maximum Gasteiger partial charge on any atom is 0.159 e. The molecule has 0 radical (unpaired) electrons. The van der Waals surface area contributed by atoms with Gasteiger partial charge in [-0.3, -0.25) is 0 Å². The minimum Gasteiger partial charge on any atom is -0.237 e. The Morgan fingerprint density at radius 1 is 1.36 bits per heavy atom. The molecule has 0 saturated carbocycles. The lowest BCUT2D eigenvalue weighted by Crippen LogP contribution is -1.95. The second-order valence-corrected chi connectivity index (χ2v) is 4.41. The SMILES string of the molecule is CC(C)c1nc2ncccc2cc1Br. The number of rotatable bonds is 1. The van der Waals surface area contributed by atoms with Gasteiger partial charge in [0.1, 0.15) is 0 Å². The monoisotopic (exact) mass is 250 g/mol. The lowest BCUT2D eigenvalue weighted by atomic mass is 10.1. The van der Waals surface area contributed by atoms with Crippen LogP contribution >= 0.6 is 15.9 Å². The number of fused-ring (bicyclic) bond motifs is 1. The van der Waals surface area contributed by atoms with Crippen molar-refractivity contribution in [2.75, 3.05) is 0 Å². The van der Waals surface area contributed by atoms with E-state index in [-0.39, 0.29) is 0 Å². The summed E-state index contributed by atoms with van der Waals surface area (Å²) in [6.07, 6.45) is 1.77. The van der Waals surface area contributed by atoms with Crippen LogP contribution in [0, 0.1) is 0 Å². The van der Waals surface area contributed by atoms with E-state index in [1.54, 1.807) is 6.20 Å². The molecule has 2 aromatic rings. The third-order valence-electron chi connectivity index (χ3n) is 2.12. The van der Waals surface area contributed by atoms with Crippen LogP contribution in [0.3, 0.4) is 0 Å². The summed E-state index contributed by atoms with van der Waals surface area (Å²) in [5.74, 6) is 0.413. The second kappa shape index (κ2) is 3.65. The summed E-state index contributed by atoms with van der Waals surface area (Å²) in [4.78, 5) is 8.75. The molecule has 72 valence electrons. The first-order valence-electron chi connectivity index (χ1n) is 4.59. The highest BCUT2D eigenvalue weighted by molar-refractivity contribution is 9.10. The highest BCUT2D eigenvalue weighted by Gasteiger charge is 2.08. The molecule has 2 heterocycles. The van der Waals surface area contributed by atoms with Crippen LogP contribution in [0.15, 0.2) is 28.9 Å². The minimum absolute atomic E-state index is 0.413. The molecule has 14 heavy (non-hydrogen) atoms. The van der Waals surface area contributed by atoms with Crippen molar-refractivity contribution < 1.29 is 0 Å². The van der Waals surface area contributed by atoms with Crippen molar-refractivity contribution in [3.8, 4) is 0 Å². The lowest BCUT2D eigenvalue weighted by molar-refractivity contribution is 0.821. The molecule has 0 unspecified atom stereocenters. The van der Waals surface area contributed by atoms with E-state index in [1.807, 2.05) is 12.1 Å². The number of halogens is 1. The predicted molar refractivity (Wildman–Crippen MR) is 61.3 cm³/mol. The average molecular weight is 251 g/mol. The molecule has 0 N–H and O–H groups in total. The molecule has 0 bridgehead atoms. The van der Waals surface area contributed by atoms with Crippen molar-refractivity contribution in [3.05, 3.63) is 34.6 Å². The fraction of sp³-hybridized carbons (Fsp3) is 0.273. The Kier molecular flexibility index (Phi) is 2.50. The van der Waals surface area contributed by atoms with Gasteiger partial charge in [0, 0.05) is 16.1 Å². The zero-order valence-corrected chi connectivity index (χ0v) is 9.75. The normalized spacial score (nSPS) is 11.1. The van der Waals surface area contributed by atoms with Crippen LogP contribution < -0.4 is 0 Å². The van der Waals surface area contributed by atoms with E-state index in [0.717, 1.165) is 21.2 Å². The molecule has 0 aliphatic heterocycles. The number of hydrogen-bond acceptors (Lipinski definition) is 2. The van der Waals surface area contributed by atoms with Gasteiger partial charge in [0.25, 0.3) is 0 Å². The van der Waals surface area contributed by atoms with Crippen LogP contribution in [0.2, 0.25) is 0 Å². The van der Waals surface area contributed by atoms with Gasteiger partial charge in [0.15, 0.2) is 5.65 Å². The maximum atomic E-state index is 4.52.